The molecule has 32 heavy (non-hydrogen) atoms. The molecule has 2 aromatic rings. The summed E-state index contributed by atoms with van der Waals surface area (Å²) in [6.07, 6.45) is -0.705. The summed E-state index contributed by atoms with van der Waals surface area (Å²) in [6, 6.07) is 6.76. The molecular formula is C18H20F6N4O4. The molecular weight excluding hydrogens is 450 g/mol. The van der Waals surface area contributed by atoms with Gasteiger partial charge in [-0.3, -0.25) is 15.0 Å². The van der Waals surface area contributed by atoms with Crippen LogP contribution in [0.2, 0.25) is 0 Å². The van der Waals surface area contributed by atoms with Gasteiger partial charge in [0.15, 0.2) is 0 Å². The molecule has 3 heterocycles. The normalized spacial score (nSPS) is 16.8. The number of hydrogen-bond donors (Lipinski definition) is 3. The van der Waals surface area contributed by atoms with Crippen molar-refractivity contribution in [1.82, 2.24) is 20.1 Å². The lowest BCUT2D eigenvalue weighted by Crippen LogP contribution is -2.33. The zero-order valence-electron chi connectivity index (χ0n) is 16.4. The van der Waals surface area contributed by atoms with E-state index >= 15 is 0 Å². The Morgan fingerprint density at radius 3 is 2.06 bits per heavy atom. The Bertz CT molecular complexity index is 804. The first-order valence-electron chi connectivity index (χ1n) is 9.04. The number of likely N-dealkylation sites (tertiary alicyclic amines) is 1. The summed E-state index contributed by atoms with van der Waals surface area (Å²) in [5.74, 6) is -5.51. The summed E-state index contributed by atoms with van der Waals surface area (Å²) in [5, 5.41) is 21.3. The molecule has 1 fully saturated rings. The van der Waals surface area contributed by atoms with Crippen molar-refractivity contribution in [2.75, 3.05) is 6.54 Å². The second-order valence-corrected chi connectivity index (χ2v) is 6.46. The van der Waals surface area contributed by atoms with Gasteiger partial charge in [-0.1, -0.05) is 12.5 Å². The van der Waals surface area contributed by atoms with E-state index in [4.69, 9.17) is 19.8 Å². The standard InChI is InChI=1S/C14H18N4.2C2HF3O2/c1-2-9-18(11-13-6-8-16-17-13)14(5-1)12-4-3-7-15-10-12;2*3-2(4,5)1(6)7/h3-4,6-8,10,14H,1-2,5,9,11H2,(H,16,17);2*(H,6,7). The lowest BCUT2D eigenvalue weighted by atomic mass is 9.96. The van der Waals surface area contributed by atoms with Gasteiger partial charge in [0, 0.05) is 36.9 Å². The van der Waals surface area contributed by atoms with Crippen LogP contribution in [0.15, 0.2) is 36.8 Å². The number of aromatic nitrogens is 3. The Kier molecular flexibility index (Phi) is 10.1. The maximum atomic E-state index is 10.6. The molecule has 2 aromatic heterocycles. The van der Waals surface area contributed by atoms with E-state index in [0.29, 0.717) is 6.04 Å². The Balaban J connectivity index is 0.000000305. The minimum atomic E-state index is -5.08. The topological polar surface area (TPSA) is 119 Å². The molecule has 0 aromatic carbocycles. The van der Waals surface area contributed by atoms with Gasteiger partial charge in [0.1, 0.15) is 0 Å². The number of aliphatic carboxylic acids is 2. The number of hydrogen-bond acceptors (Lipinski definition) is 5. The number of nitrogens with zero attached hydrogens (tertiary/aromatic N) is 3. The first-order valence-corrected chi connectivity index (χ1v) is 9.04. The van der Waals surface area contributed by atoms with Crippen LogP contribution in [-0.4, -0.2) is 61.1 Å². The van der Waals surface area contributed by atoms with E-state index in [0.717, 1.165) is 13.1 Å². The van der Waals surface area contributed by atoms with Crippen molar-refractivity contribution in [3.8, 4) is 0 Å². The summed E-state index contributed by atoms with van der Waals surface area (Å²) >= 11 is 0. The number of halogens is 6. The zero-order valence-corrected chi connectivity index (χ0v) is 16.4. The molecule has 1 unspecified atom stereocenters. The van der Waals surface area contributed by atoms with Gasteiger partial charge in [0.25, 0.3) is 0 Å². The highest BCUT2D eigenvalue weighted by Gasteiger charge is 2.38. The van der Waals surface area contributed by atoms with Crippen LogP contribution in [0.3, 0.4) is 0 Å². The Morgan fingerprint density at radius 1 is 1.03 bits per heavy atom. The predicted octanol–water partition coefficient (Wildman–Crippen LogP) is 3.80. The van der Waals surface area contributed by atoms with Crippen molar-refractivity contribution < 1.29 is 46.1 Å². The molecule has 0 amide bonds. The molecule has 178 valence electrons. The van der Waals surface area contributed by atoms with E-state index in [1.54, 1.807) is 0 Å². The van der Waals surface area contributed by atoms with Crippen molar-refractivity contribution >= 4 is 11.9 Å². The first kappa shape index (κ1) is 26.9. The lowest BCUT2D eigenvalue weighted by Gasteiger charge is -2.35. The quantitative estimate of drug-likeness (QED) is 0.584. The molecule has 3 rings (SSSR count). The zero-order chi connectivity index (χ0) is 24.4. The third-order valence-electron chi connectivity index (χ3n) is 4.10. The van der Waals surface area contributed by atoms with Gasteiger partial charge < -0.3 is 10.2 Å². The fourth-order valence-corrected chi connectivity index (χ4v) is 2.72. The highest BCUT2D eigenvalue weighted by molar-refractivity contribution is 5.73. The molecule has 0 bridgehead atoms. The van der Waals surface area contributed by atoms with Crippen LogP contribution in [0.4, 0.5) is 26.3 Å². The number of H-pyrrole nitrogens is 1. The van der Waals surface area contributed by atoms with Crippen molar-refractivity contribution in [1.29, 1.82) is 0 Å². The first-order chi connectivity index (χ1) is 14.8. The fraction of sp³-hybridized carbons (Fsp3) is 0.444. The third kappa shape index (κ3) is 9.76. The third-order valence-corrected chi connectivity index (χ3v) is 4.10. The molecule has 8 nitrogen and oxygen atoms in total. The number of carbonyl (C=O) groups is 2. The van der Waals surface area contributed by atoms with E-state index < -0.39 is 24.3 Å². The number of pyridine rings is 1. The molecule has 1 aliphatic heterocycles. The highest BCUT2D eigenvalue weighted by Crippen LogP contribution is 2.31. The monoisotopic (exact) mass is 470 g/mol. The summed E-state index contributed by atoms with van der Waals surface area (Å²) in [4.78, 5) is 24.6. The molecule has 3 N–H and O–H groups in total. The predicted molar refractivity (Wildman–Crippen MR) is 97.2 cm³/mol. The van der Waals surface area contributed by atoms with Crippen LogP contribution in [0.5, 0.6) is 0 Å². The number of alkyl halides is 6. The second-order valence-electron chi connectivity index (χ2n) is 6.46. The van der Waals surface area contributed by atoms with E-state index in [9.17, 15) is 26.3 Å². The van der Waals surface area contributed by atoms with Gasteiger partial charge in [-0.15, -0.1) is 0 Å². The van der Waals surface area contributed by atoms with E-state index in [-0.39, 0.29) is 0 Å². The van der Waals surface area contributed by atoms with E-state index in [2.05, 4.69) is 32.2 Å². The number of rotatable bonds is 3. The minimum Gasteiger partial charge on any atom is -0.475 e. The van der Waals surface area contributed by atoms with Gasteiger partial charge in [0.05, 0.1) is 0 Å². The van der Waals surface area contributed by atoms with Crippen molar-refractivity contribution in [3.63, 3.8) is 0 Å². The van der Waals surface area contributed by atoms with Crippen LogP contribution in [0.25, 0.3) is 0 Å². The highest BCUT2D eigenvalue weighted by atomic mass is 19.4. The average Bonchev–Trinajstić information content (AvgIpc) is 3.22. The maximum absolute atomic E-state index is 10.6. The van der Waals surface area contributed by atoms with Crippen LogP contribution >= 0.6 is 0 Å². The van der Waals surface area contributed by atoms with Crippen molar-refractivity contribution in [2.24, 2.45) is 0 Å². The molecule has 1 saturated heterocycles. The van der Waals surface area contributed by atoms with E-state index in [1.165, 1.54) is 30.5 Å². The lowest BCUT2D eigenvalue weighted by molar-refractivity contribution is -0.193. The molecule has 0 saturated carbocycles. The number of carboxylic acid groups (broad SMARTS) is 2. The van der Waals surface area contributed by atoms with Crippen LogP contribution < -0.4 is 0 Å². The molecule has 1 aliphatic rings. The Labute approximate surface area is 177 Å². The van der Waals surface area contributed by atoms with Crippen molar-refractivity contribution in [2.45, 2.75) is 44.2 Å². The molecule has 14 heteroatoms. The number of nitrogens with one attached hydrogen (secondary N) is 1. The largest absolute Gasteiger partial charge is 0.490 e. The van der Waals surface area contributed by atoms with Crippen LogP contribution in [0, 0.1) is 0 Å². The second kappa shape index (κ2) is 12.0. The summed E-state index contributed by atoms with van der Waals surface area (Å²) in [6.45, 7) is 2.10. The number of piperidine rings is 1. The Morgan fingerprint density at radius 2 is 1.62 bits per heavy atom. The van der Waals surface area contributed by atoms with Crippen LogP contribution in [-0.2, 0) is 16.1 Å². The number of aromatic amines is 1. The van der Waals surface area contributed by atoms with Crippen LogP contribution in [0.1, 0.15) is 36.6 Å². The summed E-state index contributed by atoms with van der Waals surface area (Å²) in [7, 11) is 0. The molecule has 0 radical (unpaired) electrons. The molecule has 0 spiro atoms. The van der Waals surface area contributed by atoms with Crippen molar-refractivity contribution in [3.05, 3.63) is 48.0 Å². The van der Waals surface area contributed by atoms with Gasteiger partial charge in [-0.05, 0) is 37.1 Å². The fourth-order valence-electron chi connectivity index (χ4n) is 2.72. The van der Waals surface area contributed by atoms with Gasteiger partial charge in [0.2, 0.25) is 0 Å². The Hall–Kier alpha value is -3.16. The maximum Gasteiger partial charge on any atom is 0.490 e. The summed E-state index contributed by atoms with van der Waals surface area (Å²) in [5.41, 5.74) is 2.52. The SMILES string of the molecule is O=C(O)C(F)(F)F.O=C(O)C(F)(F)F.c1cncc(C2CCCCN2Cc2ccn[nH]2)c1. The number of carboxylic acids is 2. The van der Waals surface area contributed by atoms with Gasteiger partial charge >= 0.3 is 24.3 Å². The average molecular weight is 470 g/mol. The smallest absolute Gasteiger partial charge is 0.475 e. The summed E-state index contributed by atoms with van der Waals surface area (Å²) < 4.78 is 63.5. The van der Waals surface area contributed by atoms with Gasteiger partial charge in [-0.25, -0.2) is 9.59 Å². The molecule has 0 aliphatic carbocycles. The minimum absolute atomic E-state index is 0.496. The van der Waals surface area contributed by atoms with Gasteiger partial charge in [-0.2, -0.15) is 31.4 Å². The van der Waals surface area contributed by atoms with E-state index in [1.807, 2.05) is 24.7 Å². The molecule has 1 atom stereocenters.